The smallest absolute Gasteiger partial charge is 0.254 e. The molecule has 2 aromatic carbocycles. The number of nitrogens with zero attached hydrogens (tertiary/aromatic N) is 2. The van der Waals surface area contributed by atoms with E-state index in [0.717, 1.165) is 46.2 Å². The van der Waals surface area contributed by atoms with Gasteiger partial charge >= 0.3 is 0 Å². The van der Waals surface area contributed by atoms with Gasteiger partial charge in [-0.05, 0) is 42.5 Å². The first-order valence-corrected chi connectivity index (χ1v) is 9.72. The van der Waals surface area contributed by atoms with Crippen molar-refractivity contribution in [3.8, 4) is 0 Å². The third-order valence-corrected chi connectivity index (χ3v) is 5.59. The van der Waals surface area contributed by atoms with Crippen LogP contribution in [0.2, 0.25) is 0 Å². The van der Waals surface area contributed by atoms with Crippen LogP contribution in [0.1, 0.15) is 27.0 Å². The van der Waals surface area contributed by atoms with Crippen LogP contribution in [0.4, 0.5) is 0 Å². The number of pyridine rings is 1. The molecule has 0 saturated carbocycles. The van der Waals surface area contributed by atoms with Crippen LogP contribution in [-0.2, 0) is 6.54 Å². The Balaban J connectivity index is 1.44. The van der Waals surface area contributed by atoms with Crippen molar-refractivity contribution in [1.82, 2.24) is 14.8 Å². The van der Waals surface area contributed by atoms with Crippen LogP contribution < -0.4 is 5.56 Å². The fraction of sp³-hybridized carbons (Fsp3) is 0.304. The second-order valence-corrected chi connectivity index (χ2v) is 7.55. The maximum Gasteiger partial charge on any atom is 0.254 e. The van der Waals surface area contributed by atoms with E-state index in [-0.39, 0.29) is 11.5 Å². The van der Waals surface area contributed by atoms with Crippen LogP contribution >= 0.6 is 0 Å². The largest absolute Gasteiger partial charge is 0.336 e. The van der Waals surface area contributed by atoms with Crippen molar-refractivity contribution in [2.24, 2.45) is 0 Å². The number of nitrogens with one attached hydrogen (secondary N) is 1. The Bertz CT molecular complexity index is 1080. The van der Waals surface area contributed by atoms with Gasteiger partial charge in [-0.2, -0.15) is 0 Å². The van der Waals surface area contributed by atoms with Crippen molar-refractivity contribution in [2.45, 2.75) is 20.4 Å². The van der Waals surface area contributed by atoms with Gasteiger partial charge < -0.3 is 9.88 Å². The summed E-state index contributed by atoms with van der Waals surface area (Å²) in [5.41, 5.74) is 4.51. The highest BCUT2D eigenvalue weighted by molar-refractivity contribution is 5.95. The van der Waals surface area contributed by atoms with E-state index < -0.39 is 0 Å². The molecule has 2 heterocycles. The molecule has 1 N–H and O–H groups in total. The van der Waals surface area contributed by atoms with E-state index in [4.69, 9.17) is 0 Å². The van der Waals surface area contributed by atoms with Crippen LogP contribution in [0.5, 0.6) is 0 Å². The van der Waals surface area contributed by atoms with E-state index >= 15 is 0 Å². The number of para-hydroxylation sites is 1. The average Bonchev–Trinajstić information content (AvgIpc) is 2.70. The molecule has 5 nitrogen and oxygen atoms in total. The molecule has 1 amide bonds. The minimum Gasteiger partial charge on any atom is -0.336 e. The van der Waals surface area contributed by atoms with Crippen LogP contribution in [0.15, 0.2) is 53.3 Å². The molecule has 5 heteroatoms. The average molecular weight is 375 g/mol. The Morgan fingerprint density at radius 3 is 2.43 bits per heavy atom. The Hall–Kier alpha value is -2.92. The molecule has 1 fully saturated rings. The molecule has 28 heavy (non-hydrogen) atoms. The highest BCUT2D eigenvalue weighted by atomic mass is 16.2. The molecule has 4 rings (SSSR count). The normalized spacial score (nSPS) is 15.1. The number of rotatable bonds is 3. The molecule has 0 unspecified atom stereocenters. The molecule has 0 radical (unpaired) electrons. The summed E-state index contributed by atoms with van der Waals surface area (Å²) in [4.78, 5) is 32.5. The summed E-state index contributed by atoms with van der Waals surface area (Å²) in [7, 11) is 0. The molecule has 0 aliphatic carbocycles. The number of amides is 1. The number of fused-ring (bicyclic) bond motifs is 1. The number of aryl methyl sites for hydroxylation is 2. The highest BCUT2D eigenvalue weighted by Gasteiger charge is 2.23. The van der Waals surface area contributed by atoms with E-state index in [1.165, 1.54) is 0 Å². The maximum atomic E-state index is 12.8. The minimum atomic E-state index is -0.0276. The van der Waals surface area contributed by atoms with Crippen molar-refractivity contribution >= 4 is 16.8 Å². The number of carbonyl (C=O) groups is 1. The number of aromatic amines is 1. The monoisotopic (exact) mass is 375 g/mol. The number of carbonyl (C=O) groups excluding carboxylic acids is 1. The number of hydrogen-bond donors (Lipinski definition) is 1. The topological polar surface area (TPSA) is 56.4 Å². The Kier molecular flexibility index (Phi) is 5.01. The Morgan fingerprint density at radius 2 is 1.68 bits per heavy atom. The number of aromatic nitrogens is 1. The summed E-state index contributed by atoms with van der Waals surface area (Å²) >= 11 is 0. The van der Waals surface area contributed by atoms with Gasteiger partial charge in [0.25, 0.3) is 11.5 Å². The summed E-state index contributed by atoms with van der Waals surface area (Å²) in [6.45, 7) is 7.47. The van der Waals surface area contributed by atoms with Gasteiger partial charge in [0.15, 0.2) is 0 Å². The van der Waals surface area contributed by atoms with Crippen molar-refractivity contribution in [2.75, 3.05) is 26.2 Å². The third kappa shape index (κ3) is 3.58. The predicted octanol–water partition coefficient (Wildman–Crippen LogP) is 3.10. The zero-order valence-corrected chi connectivity index (χ0v) is 16.4. The van der Waals surface area contributed by atoms with Crippen molar-refractivity contribution in [1.29, 1.82) is 0 Å². The SMILES string of the molecule is Cc1ccccc1C(=O)N1CCN(Cc2cc3cccc(C)c3[nH]c2=O)CC1. The fourth-order valence-corrected chi connectivity index (χ4v) is 3.88. The van der Waals surface area contributed by atoms with E-state index in [0.29, 0.717) is 19.6 Å². The van der Waals surface area contributed by atoms with Crippen LogP contribution in [-0.4, -0.2) is 46.9 Å². The Labute approximate surface area is 164 Å². The quantitative estimate of drug-likeness (QED) is 0.765. The summed E-state index contributed by atoms with van der Waals surface area (Å²) in [5.74, 6) is 0.0942. The molecule has 144 valence electrons. The standard InChI is InChI=1S/C23H25N3O2/c1-16-6-3-4-9-20(16)23(28)26-12-10-25(11-13-26)15-19-14-18-8-5-7-17(2)21(18)24-22(19)27/h3-9,14H,10-13,15H2,1-2H3,(H,24,27). The summed E-state index contributed by atoms with van der Waals surface area (Å²) in [6.07, 6.45) is 0. The molecule has 1 saturated heterocycles. The Morgan fingerprint density at radius 1 is 0.964 bits per heavy atom. The fourth-order valence-electron chi connectivity index (χ4n) is 3.88. The van der Waals surface area contributed by atoms with Gasteiger partial charge in [0, 0.05) is 43.9 Å². The second kappa shape index (κ2) is 7.60. The molecule has 3 aromatic rings. The number of piperazine rings is 1. The van der Waals surface area contributed by atoms with Gasteiger partial charge in [0.05, 0.1) is 5.52 Å². The van der Waals surface area contributed by atoms with E-state index in [2.05, 4.69) is 9.88 Å². The lowest BCUT2D eigenvalue weighted by atomic mass is 10.1. The van der Waals surface area contributed by atoms with Gasteiger partial charge in [0.2, 0.25) is 0 Å². The second-order valence-electron chi connectivity index (χ2n) is 7.55. The molecule has 0 bridgehead atoms. The van der Waals surface area contributed by atoms with Crippen LogP contribution in [0.3, 0.4) is 0 Å². The molecule has 0 spiro atoms. The molecular weight excluding hydrogens is 350 g/mol. The van der Waals surface area contributed by atoms with Gasteiger partial charge in [-0.25, -0.2) is 0 Å². The zero-order valence-electron chi connectivity index (χ0n) is 16.4. The van der Waals surface area contributed by atoms with Gasteiger partial charge in [0.1, 0.15) is 0 Å². The third-order valence-electron chi connectivity index (χ3n) is 5.59. The lowest BCUT2D eigenvalue weighted by molar-refractivity contribution is 0.0627. The van der Waals surface area contributed by atoms with E-state index in [1.54, 1.807) is 0 Å². The maximum absolute atomic E-state index is 12.8. The summed E-state index contributed by atoms with van der Waals surface area (Å²) < 4.78 is 0. The van der Waals surface area contributed by atoms with Crippen molar-refractivity contribution < 1.29 is 4.79 Å². The van der Waals surface area contributed by atoms with Crippen LogP contribution in [0, 0.1) is 13.8 Å². The molecular formula is C23H25N3O2. The first kappa shape index (κ1) is 18.4. The van der Waals surface area contributed by atoms with E-state index in [1.807, 2.05) is 67.3 Å². The lowest BCUT2D eigenvalue weighted by Crippen LogP contribution is -2.48. The predicted molar refractivity (Wildman–Crippen MR) is 112 cm³/mol. The van der Waals surface area contributed by atoms with Gasteiger partial charge in [-0.15, -0.1) is 0 Å². The summed E-state index contributed by atoms with van der Waals surface area (Å²) in [6, 6.07) is 15.7. The molecule has 1 aromatic heterocycles. The number of hydrogen-bond acceptors (Lipinski definition) is 3. The number of benzene rings is 2. The van der Waals surface area contributed by atoms with Gasteiger partial charge in [-0.3, -0.25) is 14.5 Å². The summed E-state index contributed by atoms with van der Waals surface area (Å²) in [5, 5.41) is 1.06. The van der Waals surface area contributed by atoms with Crippen molar-refractivity contribution in [3.05, 3.63) is 81.1 Å². The van der Waals surface area contributed by atoms with Crippen molar-refractivity contribution in [3.63, 3.8) is 0 Å². The molecule has 1 aliphatic heterocycles. The minimum absolute atomic E-state index is 0.0276. The first-order valence-electron chi connectivity index (χ1n) is 9.72. The lowest BCUT2D eigenvalue weighted by Gasteiger charge is -2.35. The number of H-pyrrole nitrogens is 1. The van der Waals surface area contributed by atoms with Crippen LogP contribution in [0.25, 0.3) is 10.9 Å². The highest BCUT2D eigenvalue weighted by Crippen LogP contribution is 2.17. The van der Waals surface area contributed by atoms with Gasteiger partial charge in [-0.1, -0.05) is 36.4 Å². The molecule has 0 atom stereocenters. The first-order chi connectivity index (χ1) is 13.5. The molecule has 1 aliphatic rings. The zero-order chi connectivity index (χ0) is 19.7. The van der Waals surface area contributed by atoms with E-state index in [9.17, 15) is 9.59 Å².